The third-order valence-electron chi connectivity index (χ3n) is 6.47. The number of pyridine rings is 1. The molecule has 1 saturated heterocycles. The first-order chi connectivity index (χ1) is 15.0. The van der Waals surface area contributed by atoms with Crippen molar-refractivity contribution in [3.05, 3.63) is 23.1 Å². The molecule has 0 aromatic carbocycles. The van der Waals surface area contributed by atoms with Gasteiger partial charge in [-0.05, 0) is 25.8 Å². The first-order valence-electron chi connectivity index (χ1n) is 11.3. The Morgan fingerprint density at radius 1 is 1.13 bits per heavy atom. The van der Waals surface area contributed by atoms with E-state index < -0.39 is 0 Å². The average Bonchev–Trinajstić information content (AvgIpc) is 3.13. The molecule has 0 atom stereocenters. The number of furan rings is 1. The van der Waals surface area contributed by atoms with Crippen LogP contribution < -0.4 is 4.90 Å². The lowest BCUT2D eigenvalue weighted by Gasteiger charge is -2.34. The monoisotopic (exact) mass is 425 g/mol. The van der Waals surface area contributed by atoms with Crippen molar-refractivity contribution in [1.82, 2.24) is 19.9 Å². The van der Waals surface area contributed by atoms with E-state index in [1.807, 2.05) is 0 Å². The van der Waals surface area contributed by atoms with Crippen LogP contribution >= 0.6 is 0 Å². The van der Waals surface area contributed by atoms with Gasteiger partial charge in [-0.3, -0.25) is 4.90 Å². The average molecular weight is 426 g/mol. The van der Waals surface area contributed by atoms with Gasteiger partial charge in [-0.1, -0.05) is 13.3 Å². The van der Waals surface area contributed by atoms with Gasteiger partial charge in [-0.2, -0.15) is 0 Å². The lowest BCUT2D eigenvalue weighted by molar-refractivity contribution is -0.0401. The number of ether oxygens (including phenoxy) is 1. The first-order valence-corrected chi connectivity index (χ1v) is 11.3. The highest BCUT2D eigenvalue weighted by atomic mass is 16.5. The van der Waals surface area contributed by atoms with Crippen LogP contribution in [0, 0.1) is 0 Å². The molecule has 166 valence electrons. The number of β-amino-alcohol motifs (C(OH)–C–C–N with tert-alkyl or cyclic N) is 1. The third-order valence-corrected chi connectivity index (χ3v) is 6.47. The van der Waals surface area contributed by atoms with Gasteiger partial charge >= 0.3 is 0 Å². The normalized spacial score (nSPS) is 19.3. The zero-order valence-corrected chi connectivity index (χ0v) is 18.6. The Hall–Kier alpha value is -2.29. The van der Waals surface area contributed by atoms with E-state index in [0.29, 0.717) is 18.9 Å². The van der Waals surface area contributed by atoms with Crippen LogP contribution in [0.15, 0.2) is 10.7 Å². The summed E-state index contributed by atoms with van der Waals surface area (Å²) in [5, 5.41) is 10.2. The smallest absolute Gasteiger partial charge is 0.229 e. The molecular weight excluding hydrogens is 394 g/mol. The molecule has 0 amide bonds. The molecule has 2 aliphatic heterocycles. The zero-order valence-electron chi connectivity index (χ0n) is 18.6. The van der Waals surface area contributed by atoms with E-state index in [0.717, 1.165) is 73.4 Å². The highest BCUT2D eigenvalue weighted by Crippen LogP contribution is 2.40. The highest BCUT2D eigenvalue weighted by molar-refractivity contribution is 6.06. The van der Waals surface area contributed by atoms with Gasteiger partial charge in [-0.15, -0.1) is 0 Å². The van der Waals surface area contributed by atoms with Gasteiger partial charge in [0.1, 0.15) is 11.8 Å². The lowest BCUT2D eigenvalue weighted by Crippen LogP contribution is -2.47. The molecule has 1 N–H and O–H groups in total. The number of nitrogens with zero attached hydrogens (tertiary/aromatic N) is 5. The van der Waals surface area contributed by atoms with Crippen LogP contribution in [0.1, 0.15) is 44.0 Å². The van der Waals surface area contributed by atoms with Crippen LogP contribution in [0.4, 0.5) is 5.82 Å². The van der Waals surface area contributed by atoms with Crippen molar-refractivity contribution in [2.75, 3.05) is 44.2 Å². The van der Waals surface area contributed by atoms with E-state index in [1.54, 1.807) is 6.33 Å². The highest BCUT2D eigenvalue weighted by Gasteiger charge is 2.32. The number of aromatic nitrogens is 3. The number of fused-ring (bicyclic) bond motifs is 5. The van der Waals surface area contributed by atoms with Crippen LogP contribution in [0.2, 0.25) is 0 Å². The summed E-state index contributed by atoms with van der Waals surface area (Å²) in [5.74, 6) is 0.837. The Bertz CT molecular complexity index is 1100. The van der Waals surface area contributed by atoms with Gasteiger partial charge in [0.05, 0.1) is 29.9 Å². The van der Waals surface area contributed by atoms with Crippen LogP contribution in [0.25, 0.3) is 22.2 Å². The van der Waals surface area contributed by atoms with Crippen molar-refractivity contribution in [1.29, 1.82) is 0 Å². The van der Waals surface area contributed by atoms with Crippen LogP contribution in [-0.4, -0.2) is 69.9 Å². The minimum absolute atomic E-state index is 0.193. The molecule has 5 rings (SSSR count). The lowest BCUT2D eigenvalue weighted by atomic mass is 9.88. The topological polar surface area (TPSA) is 87.8 Å². The molecule has 2 aliphatic rings. The minimum atomic E-state index is -0.229. The fourth-order valence-corrected chi connectivity index (χ4v) is 4.85. The van der Waals surface area contributed by atoms with Gasteiger partial charge in [0.2, 0.25) is 5.71 Å². The zero-order chi connectivity index (χ0) is 21.6. The van der Waals surface area contributed by atoms with Crippen molar-refractivity contribution in [2.45, 2.75) is 52.2 Å². The number of aryl methyl sites for hydroxylation is 1. The summed E-state index contributed by atoms with van der Waals surface area (Å²) >= 11 is 0. The van der Waals surface area contributed by atoms with Gasteiger partial charge < -0.3 is 19.2 Å². The third kappa shape index (κ3) is 3.66. The molecule has 0 bridgehead atoms. The summed E-state index contributed by atoms with van der Waals surface area (Å²) in [6.45, 7) is 11.4. The summed E-state index contributed by atoms with van der Waals surface area (Å²) in [6.07, 6.45) is 4.39. The Kier molecular flexibility index (Phi) is 5.32. The molecule has 8 heteroatoms. The predicted octanol–water partition coefficient (Wildman–Crippen LogP) is 2.69. The number of hydrogen-bond acceptors (Lipinski definition) is 8. The molecule has 0 unspecified atom stereocenters. The molecule has 3 aromatic rings. The van der Waals surface area contributed by atoms with E-state index in [-0.39, 0.29) is 12.2 Å². The van der Waals surface area contributed by atoms with Gasteiger partial charge in [-0.25, -0.2) is 15.0 Å². The maximum absolute atomic E-state index is 9.21. The molecule has 31 heavy (non-hydrogen) atoms. The van der Waals surface area contributed by atoms with E-state index in [9.17, 15) is 5.11 Å². The number of hydrogen-bond donors (Lipinski definition) is 1. The second kappa shape index (κ2) is 8.00. The number of aliphatic hydroxyl groups excluding tert-OH is 1. The molecule has 0 radical (unpaired) electrons. The molecule has 0 spiro atoms. The maximum Gasteiger partial charge on any atom is 0.229 e. The quantitative estimate of drug-likeness (QED) is 0.668. The number of aliphatic hydroxyl groups is 1. The number of anilines is 1. The largest absolute Gasteiger partial charge is 0.432 e. The number of rotatable bonds is 5. The summed E-state index contributed by atoms with van der Waals surface area (Å²) in [7, 11) is 0. The van der Waals surface area contributed by atoms with E-state index in [1.165, 1.54) is 11.1 Å². The van der Waals surface area contributed by atoms with Gasteiger partial charge in [0.25, 0.3) is 0 Å². The summed E-state index contributed by atoms with van der Waals surface area (Å²) in [4.78, 5) is 18.7. The fraction of sp³-hybridized carbons (Fsp3) is 0.609. The van der Waals surface area contributed by atoms with Gasteiger partial charge in [0, 0.05) is 44.7 Å². The Morgan fingerprint density at radius 2 is 1.94 bits per heavy atom. The van der Waals surface area contributed by atoms with E-state index in [4.69, 9.17) is 14.1 Å². The Labute approximate surface area is 182 Å². The van der Waals surface area contributed by atoms with Crippen molar-refractivity contribution in [2.24, 2.45) is 0 Å². The molecule has 0 aliphatic carbocycles. The summed E-state index contributed by atoms with van der Waals surface area (Å²) in [6, 6.07) is 0. The molecule has 1 fully saturated rings. The fourth-order valence-electron chi connectivity index (χ4n) is 4.85. The second-order valence-corrected chi connectivity index (χ2v) is 9.20. The molecule has 3 aromatic heterocycles. The van der Waals surface area contributed by atoms with Crippen LogP contribution in [0.3, 0.4) is 0 Å². The standard InChI is InChI=1S/C23H31N5O3/c1-4-5-17-16-13-30-23(2,3)12-15(16)18-19-20(31-22(18)26-17)21(25-14-24-19)28-8-6-27(7-9-28)10-11-29/h14,29H,4-13H2,1-3H3. The second-order valence-electron chi connectivity index (χ2n) is 9.20. The van der Waals surface area contributed by atoms with Crippen molar-refractivity contribution < 1.29 is 14.3 Å². The molecule has 8 nitrogen and oxygen atoms in total. The van der Waals surface area contributed by atoms with Crippen molar-refractivity contribution in [3.8, 4) is 0 Å². The SMILES string of the molecule is CCCc1nc2oc3c(N4CCN(CCO)CC4)ncnc3c2c2c1COC(C)(C)C2. The van der Waals surface area contributed by atoms with E-state index in [2.05, 4.69) is 40.5 Å². The maximum atomic E-state index is 9.21. The molecule has 5 heterocycles. The molecular formula is C23H31N5O3. The summed E-state index contributed by atoms with van der Waals surface area (Å²) in [5.41, 5.74) is 5.55. The van der Waals surface area contributed by atoms with Crippen molar-refractivity contribution in [3.63, 3.8) is 0 Å². The van der Waals surface area contributed by atoms with Crippen LogP contribution in [-0.2, 0) is 24.2 Å². The first kappa shape index (κ1) is 20.6. The van der Waals surface area contributed by atoms with E-state index >= 15 is 0 Å². The summed E-state index contributed by atoms with van der Waals surface area (Å²) < 4.78 is 12.5. The predicted molar refractivity (Wildman–Crippen MR) is 119 cm³/mol. The van der Waals surface area contributed by atoms with Gasteiger partial charge in [0.15, 0.2) is 11.4 Å². The Morgan fingerprint density at radius 3 is 2.68 bits per heavy atom. The molecule has 0 saturated carbocycles. The number of piperazine rings is 1. The van der Waals surface area contributed by atoms with Crippen molar-refractivity contribution >= 4 is 28.0 Å². The Balaban J connectivity index is 1.63. The van der Waals surface area contributed by atoms with Crippen LogP contribution in [0.5, 0.6) is 0 Å². The minimum Gasteiger partial charge on any atom is -0.432 e.